The van der Waals surface area contributed by atoms with Crippen molar-refractivity contribution in [3.8, 4) is 0 Å². The van der Waals surface area contributed by atoms with Crippen molar-refractivity contribution < 1.29 is 0 Å². The molecule has 1 nitrogen and oxygen atoms in total. The molecule has 0 heterocycles. The van der Waals surface area contributed by atoms with Gasteiger partial charge in [0, 0.05) is 15.5 Å². The summed E-state index contributed by atoms with van der Waals surface area (Å²) in [5, 5.41) is 0.759. The lowest BCUT2D eigenvalue weighted by Crippen LogP contribution is -2.12. The third kappa shape index (κ3) is 2.06. The highest BCUT2D eigenvalue weighted by Gasteiger charge is 2.30. The van der Waals surface area contributed by atoms with Crippen LogP contribution in [0.2, 0.25) is 5.02 Å². The van der Waals surface area contributed by atoms with Crippen LogP contribution in [-0.4, -0.2) is 0 Å². The van der Waals surface area contributed by atoms with Crippen molar-refractivity contribution in [1.29, 1.82) is 0 Å². The molecule has 1 atom stereocenters. The summed E-state index contributed by atoms with van der Waals surface area (Å²) in [6.07, 6.45) is 2.50. The van der Waals surface area contributed by atoms with E-state index in [1.807, 2.05) is 18.2 Å². The van der Waals surface area contributed by atoms with Gasteiger partial charge in [-0.2, -0.15) is 0 Å². The SMILES string of the molecule is NC(c1cc(Cl)ccc1Br)C1CC1. The highest BCUT2D eigenvalue weighted by Crippen LogP contribution is 2.41. The van der Waals surface area contributed by atoms with E-state index in [1.54, 1.807) is 0 Å². The highest BCUT2D eigenvalue weighted by molar-refractivity contribution is 9.10. The molecule has 2 N–H and O–H groups in total. The Balaban J connectivity index is 2.31. The number of hydrogen-bond acceptors (Lipinski definition) is 1. The number of rotatable bonds is 2. The van der Waals surface area contributed by atoms with Crippen LogP contribution in [-0.2, 0) is 0 Å². The monoisotopic (exact) mass is 259 g/mol. The first-order valence-corrected chi connectivity index (χ1v) is 5.56. The molecule has 1 unspecified atom stereocenters. The molecule has 1 aliphatic carbocycles. The zero-order chi connectivity index (χ0) is 9.42. The number of hydrogen-bond donors (Lipinski definition) is 1. The largest absolute Gasteiger partial charge is 0.324 e. The van der Waals surface area contributed by atoms with Gasteiger partial charge in [0.05, 0.1) is 0 Å². The Morgan fingerprint density at radius 1 is 1.46 bits per heavy atom. The minimum atomic E-state index is 0.146. The Morgan fingerprint density at radius 3 is 2.77 bits per heavy atom. The van der Waals surface area contributed by atoms with Crippen LogP contribution in [0.5, 0.6) is 0 Å². The standard InChI is InChI=1S/C10H11BrClN/c11-9-4-3-7(12)5-8(9)10(13)6-1-2-6/h3-6,10H,1-2,13H2. The van der Waals surface area contributed by atoms with Crippen molar-refractivity contribution >= 4 is 27.5 Å². The molecule has 0 radical (unpaired) electrons. The maximum absolute atomic E-state index is 6.08. The van der Waals surface area contributed by atoms with E-state index in [2.05, 4.69) is 15.9 Å². The van der Waals surface area contributed by atoms with Gasteiger partial charge in [0.15, 0.2) is 0 Å². The van der Waals surface area contributed by atoms with Gasteiger partial charge >= 0.3 is 0 Å². The van der Waals surface area contributed by atoms with E-state index in [9.17, 15) is 0 Å². The molecule has 0 bridgehead atoms. The van der Waals surface area contributed by atoms with Crippen LogP contribution >= 0.6 is 27.5 Å². The van der Waals surface area contributed by atoms with Gasteiger partial charge in [0.25, 0.3) is 0 Å². The van der Waals surface area contributed by atoms with Crippen LogP contribution in [0.1, 0.15) is 24.4 Å². The summed E-state index contributed by atoms with van der Waals surface area (Å²) >= 11 is 9.40. The average molecular weight is 261 g/mol. The van der Waals surface area contributed by atoms with Crippen molar-refractivity contribution in [1.82, 2.24) is 0 Å². The predicted molar refractivity (Wildman–Crippen MR) is 58.8 cm³/mol. The Morgan fingerprint density at radius 2 is 2.15 bits per heavy atom. The van der Waals surface area contributed by atoms with Crippen molar-refractivity contribution in [2.45, 2.75) is 18.9 Å². The molecule has 1 aromatic rings. The Bertz CT molecular complexity index is 323. The lowest BCUT2D eigenvalue weighted by atomic mass is 10.0. The zero-order valence-electron chi connectivity index (χ0n) is 7.13. The molecule has 1 aliphatic rings. The number of halogens is 2. The van der Waals surface area contributed by atoms with Crippen molar-refractivity contribution in [3.05, 3.63) is 33.3 Å². The van der Waals surface area contributed by atoms with Gasteiger partial charge in [0.2, 0.25) is 0 Å². The zero-order valence-corrected chi connectivity index (χ0v) is 9.48. The Kier molecular flexibility index (Phi) is 2.63. The summed E-state index contributed by atoms with van der Waals surface area (Å²) in [6, 6.07) is 5.93. The van der Waals surface area contributed by atoms with Crippen LogP contribution in [0.4, 0.5) is 0 Å². The number of benzene rings is 1. The molecule has 0 spiro atoms. The average Bonchev–Trinajstić information content (AvgIpc) is 2.91. The molecule has 0 amide bonds. The first-order chi connectivity index (χ1) is 6.18. The van der Waals surface area contributed by atoms with Crippen LogP contribution < -0.4 is 5.73 Å². The summed E-state index contributed by atoms with van der Waals surface area (Å²) in [4.78, 5) is 0. The van der Waals surface area contributed by atoms with E-state index in [4.69, 9.17) is 17.3 Å². The maximum atomic E-state index is 6.08. The smallest absolute Gasteiger partial charge is 0.0410 e. The third-order valence-corrected chi connectivity index (χ3v) is 3.40. The normalized spacial score (nSPS) is 18.7. The van der Waals surface area contributed by atoms with Gasteiger partial charge in [-0.05, 0) is 42.5 Å². The fraction of sp³-hybridized carbons (Fsp3) is 0.400. The molecule has 1 fully saturated rings. The van der Waals surface area contributed by atoms with Crippen molar-refractivity contribution in [2.24, 2.45) is 11.7 Å². The molecule has 13 heavy (non-hydrogen) atoms. The van der Waals surface area contributed by atoms with Crippen molar-refractivity contribution in [2.75, 3.05) is 0 Å². The molecule has 0 saturated heterocycles. The fourth-order valence-corrected chi connectivity index (χ4v) is 2.17. The molecule has 1 saturated carbocycles. The molecule has 3 heteroatoms. The van der Waals surface area contributed by atoms with E-state index in [-0.39, 0.29) is 6.04 Å². The molecule has 1 aromatic carbocycles. The summed E-state index contributed by atoms with van der Waals surface area (Å²) in [7, 11) is 0. The van der Waals surface area contributed by atoms with Gasteiger partial charge < -0.3 is 5.73 Å². The summed E-state index contributed by atoms with van der Waals surface area (Å²) in [6.45, 7) is 0. The van der Waals surface area contributed by atoms with Crippen LogP contribution in [0.25, 0.3) is 0 Å². The molecule has 0 aliphatic heterocycles. The third-order valence-electron chi connectivity index (χ3n) is 2.45. The molecule has 2 rings (SSSR count). The maximum Gasteiger partial charge on any atom is 0.0410 e. The van der Waals surface area contributed by atoms with Gasteiger partial charge in [-0.15, -0.1) is 0 Å². The minimum Gasteiger partial charge on any atom is -0.324 e. The molecular weight excluding hydrogens is 249 g/mol. The second-order valence-electron chi connectivity index (χ2n) is 3.53. The minimum absolute atomic E-state index is 0.146. The lowest BCUT2D eigenvalue weighted by molar-refractivity contribution is 0.631. The highest BCUT2D eigenvalue weighted by atomic mass is 79.9. The summed E-state index contributed by atoms with van der Waals surface area (Å²) in [5.41, 5.74) is 7.22. The fourth-order valence-electron chi connectivity index (χ4n) is 1.48. The van der Waals surface area contributed by atoms with E-state index in [0.29, 0.717) is 5.92 Å². The quantitative estimate of drug-likeness (QED) is 0.865. The van der Waals surface area contributed by atoms with E-state index >= 15 is 0 Å². The molecule has 0 aromatic heterocycles. The van der Waals surface area contributed by atoms with Crippen molar-refractivity contribution in [3.63, 3.8) is 0 Å². The van der Waals surface area contributed by atoms with Gasteiger partial charge in [-0.1, -0.05) is 27.5 Å². The van der Waals surface area contributed by atoms with Gasteiger partial charge in [-0.25, -0.2) is 0 Å². The van der Waals surface area contributed by atoms with E-state index in [0.717, 1.165) is 15.1 Å². The topological polar surface area (TPSA) is 26.0 Å². The molecule has 70 valence electrons. The van der Waals surface area contributed by atoms with E-state index in [1.165, 1.54) is 12.8 Å². The first-order valence-electron chi connectivity index (χ1n) is 4.39. The number of nitrogens with two attached hydrogens (primary N) is 1. The summed E-state index contributed by atoms with van der Waals surface area (Å²) < 4.78 is 1.07. The van der Waals surface area contributed by atoms with Gasteiger partial charge in [-0.3, -0.25) is 0 Å². The molecular formula is C10H11BrClN. The Hall–Kier alpha value is -0.0500. The predicted octanol–water partition coefficient (Wildman–Crippen LogP) is 3.51. The van der Waals surface area contributed by atoms with Crippen LogP contribution in [0.3, 0.4) is 0 Å². The summed E-state index contributed by atoms with van der Waals surface area (Å²) in [5.74, 6) is 0.662. The Labute approximate surface area is 91.4 Å². The van der Waals surface area contributed by atoms with E-state index < -0.39 is 0 Å². The van der Waals surface area contributed by atoms with Gasteiger partial charge in [0.1, 0.15) is 0 Å². The van der Waals surface area contributed by atoms with Crippen LogP contribution in [0, 0.1) is 5.92 Å². The lowest BCUT2D eigenvalue weighted by Gasteiger charge is -2.12. The second kappa shape index (κ2) is 3.60. The second-order valence-corrected chi connectivity index (χ2v) is 4.82. The van der Waals surface area contributed by atoms with Crippen LogP contribution in [0.15, 0.2) is 22.7 Å². The first kappa shape index (κ1) is 9.50.